The lowest BCUT2D eigenvalue weighted by molar-refractivity contribution is 0.0520. The molecule has 1 fully saturated rings. The molecule has 8 heteroatoms. The van der Waals surface area contributed by atoms with Crippen molar-refractivity contribution in [2.45, 2.75) is 13.3 Å². The summed E-state index contributed by atoms with van der Waals surface area (Å²) < 4.78 is 19.6. The van der Waals surface area contributed by atoms with Crippen LogP contribution >= 0.6 is 11.3 Å². The van der Waals surface area contributed by atoms with Crippen LogP contribution in [0, 0.1) is 5.82 Å². The molecule has 1 aliphatic rings. The minimum atomic E-state index is -0.344. The van der Waals surface area contributed by atoms with Crippen LogP contribution in [0.25, 0.3) is 21.0 Å². The molecule has 5 rings (SSSR count). The Bertz CT molecular complexity index is 1350. The number of esters is 1. The third-order valence-electron chi connectivity index (χ3n) is 6.33. The van der Waals surface area contributed by atoms with Gasteiger partial charge >= 0.3 is 5.97 Å². The van der Waals surface area contributed by atoms with Gasteiger partial charge in [-0.3, -0.25) is 9.69 Å². The molecule has 0 spiro atoms. The molecule has 0 saturated carbocycles. The maximum Gasteiger partial charge on any atom is 0.354 e. The first kappa shape index (κ1) is 22.6. The van der Waals surface area contributed by atoms with Gasteiger partial charge < -0.3 is 14.6 Å². The molecule has 2 aromatic carbocycles. The fourth-order valence-electron chi connectivity index (χ4n) is 4.47. The Hall–Kier alpha value is -3.23. The molecule has 4 aromatic rings. The van der Waals surface area contributed by atoms with Crippen molar-refractivity contribution < 1.29 is 18.7 Å². The molecule has 176 valence electrons. The number of nitrogens with zero attached hydrogens (tertiary/aromatic N) is 2. The topological polar surface area (TPSA) is 65.6 Å². The van der Waals surface area contributed by atoms with Crippen LogP contribution < -0.4 is 4.90 Å². The number of anilines is 1. The molecule has 1 N–H and O–H groups in total. The number of hydrogen-bond donors (Lipinski definition) is 1. The highest BCUT2D eigenvalue weighted by atomic mass is 32.1. The third-order valence-corrected chi connectivity index (χ3v) is 7.29. The molecule has 0 unspecified atom stereocenters. The lowest BCUT2D eigenvalue weighted by atomic mass is 10.1. The van der Waals surface area contributed by atoms with Gasteiger partial charge in [0.05, 0.1) is 6.61 Å². The number of aromatic nitrogens is 1. The maximum atomic E-state index is 13.6. The summed E-state index contributed by atoms with van der Waals surface area (Å²) in [4.78, 5) is 32.6. The van der Waals surface area contributed by atoms with E-state index in [-0.39, 0.29) is 17.6 Å². The third kappa shape index (κ3) is 4.56. The first-order valence-corrected chi connectivity index (χ1v) is 12.4. The van der Waals surface area contributed by atoms with Gasteiger partial charge in [0.25, 0.3) is 0 Å². The summed E-state index contributed by atoms with van der Waals surface area (Å²) in [7, 11) is 0. The molecule has 34 heavy (non-hydrogen) atoms. The van der Waals surface area contributed by atoms with Crippen LogP contribution in [0.4, 0.5) is 10.1 Å². The SMILES string of the molecule is CCOC(=O)c1cc2ccc(N3CCN(CCC(=O)c4csc5ccc(F)cc45)CC3)cc2[nH]1. The Kier molecular flexibility index (Phi) is 6.34. The van der Waals surface area contributed by atoms with E-state index >= 15 is 0 Å². The largest absolute Gasteiger partial charge is 0.461 e. The second-order valence-electron chi connectivity index (χ2n) is 8.47. The van der Waals surface area contributed by atoms with Crippen LogP contribution in [0.1, 0.15) is 34.2 Å². The van der Waals surface area contributed by atoms with E-state index in [1.807, 2.05) is 17.5 Å². The van der Waals surface area contributed by atoms with E-state index in [4.69, 9.17) is 4.74 Å². The standard InChI is InChI=1S/C26H26FN3O3S/c1-2-33-26(32)23-13-17-3-5-19(15-22(17)28-23)30-11-9-29(10-12-30)8-7-24(31)21-16-34-25-6-4-18(27)14-20(21)25/h3-6,13-16,28H,2,7-12H2,1H3. The number of H-pyrrole nitrogens is 1. The first-order chi connectivity index (χ1) is 16.5. The van der Waals surface area contributed by atoms with E-state index in [0.29, 0.717) is 36.2 Å². The Balaban J connectivity index is 1.17. The van der Waals surface area contributed by atoms with Crippen LogP contribution in [0.15, 0.2) is 47.8 Å². The smallest absolute Gasteiger partial charge is 0.354 e. The number of rotatable bonds is 7. The molecule has 0 atom stereocenters. The lowest BCUT2D eigenvalue weighted by Crippen LogP contribution is -2.46. The van der Waals surface area contributed by atoms with Crippen LogP contribution in [-0.2, 0) is 4.74 Å². The van der Waals surface area contributed by atoms with E-state index in [9.17, 15) is 14.0 Å². The number of nitrogens with one attached hydrogen (secondary N) is 1. The number of Topliss-reactive ketones (excluding diaryl/α,β-unsaturated/α-hetero) is 1. The van der Waals surface area contributed by atoms with E-state index in [1.165, 1.54) is 23.5 Å². The number of halogens is 1. The summed E-state index contributed by atoms with van der Waals surface area (Å²) in [6.45, 7) is 6.27. The van der Waals surface area contributed by atoms with Gasteiger partial charge in [-0.15, -0.1) is 11.3 Å². The highest BCUT2D eigenvalue weighted by molar-refractivity contribution is 7.17. The molecule has 0 amide bonds. The van der Waals surface area contributed by atoms with E-state index in [1.54, 1.807) is 13.0 Å². The van der Waals surface area contributed by atoms with Crippen molar-refractivity contribution in [3.63, 3.8) is 0 Å². The lowest BCUT2D eigenvalue weighted by Gasteiger charge is -2.36. The van der Waals surface area contributed by atoms with Crippen molar-refractivity contribution in [2.24, 2.45) is 0 Å². The normalized spacial score (nSPS) is 14.7. The van der Waals surface area contributed by atoms with Gasteiger partial charge in [-0.05, 0) is 43.3 Å². The Morgan fingerprint density at radius 1 is 1.09 bits per heavy atom. The Morgan fingerprint density at radius 3 is 2.71 bits per heavy atom. The molecular weight excluding hydrogens is 453 g/mol. The average molecular weight is 480 g/mol. The van der Waals surface area contributed by atoms with Crippen LogP contribution in [0.3, 0.4) is 0 Å². The fourth-order valence-corrected chi connectivity index (χ4v) is 5.42. The number of benzene rings is 2. The van der Waals surface area contributed by atoms with Gasteiger partial charge in [-0.25, -0.2) is 9.18 Å². The number of carbonyl (C=O) groups excluding carboxylic acids is 2. The number of hydrogen-bond acceptors (Lipinski definition) is 6. The summed E-state index contributed by atoms with van der Waals surface area (Å²) >= 11 is 1.48. The van der Waals surface area contributed by atoms with E-state index in [0.717, 1.165) is 47.5 Å². The number of ether oxygens (including phenoxy) is 1. The number of aromatic amines is 1. The van der Waals surface area contributed by atoms with Gasteiger partial charge in [-0.2, -0.15) is 0 Å². The van der Waals surface area contributed by atoms with Crippen molar-refractivity contribution >= 4 is 49.8 Å². The maximum absolute atomic E-state index is 13.6. The van der Waals surface area contributed by atoms with Crippen LogP contribution in [0.2, 0.25) is 0 Å². The van der Waals surface area contributed by atoms with Crippen LogP contribution in [-0.4, -0.2) is 61.0 Å². The van der Waals surface area contributed by atoms with E-state index < -0.39 is 0 Å². The number of fused-ring (bicyclic) bond motifs is 2. The van der Waals surface area contributed by atoms with Crippen molar-refractivity contribution in [1.29, 1.82) is 0 Å². The minimum Gasteiger partial charge on any atom is -0.461 e. The highest BCUT2D eigenvalue weighted by Crippen LogP contribution is 2.28. The average Bonchev–Trinajstić information content (AvgIpc) is 3.46. The molecule has 2 aromatic heterocycles. The van der Waals surface area contributed by atoms with Gasteiger partial charge in [0.2, 0.25) is 0 Å². The number of thiophene rings is 1. The summed E-state index contributed by atoms with van der Waals surface area (Å²) in [5, 5.41) is 3.53. The predicted molar refractivity (Wildman–Crippen MR) is 134 cm³/mol. The molecule has 1 aliphatic heterocycles. The number of ketones is 1. The minimum absolute atomic E-state index is 0.0638. The monoisotopic (exact) mass is 479 g/mol. The van der Waals surface area contributed by atoms with Crippen LogP contribution in [0.5, 0.6) is 0 Å². The zero-order chi connectivity index (χ0) is 23.7. The Labute approximate surface area is 200 Å². The highest BCUT2D eigenvalue weighted by Gasteiger charge is 2.20. The quantitative estimate of drug-likeness (QED) is 0.295. The fraction of sp³-hybridized carbons (Fsp3) is 0.308. The molecule has 6 nitrogen and oxygen atoms in total. The van der Waals surface area contributed by atoms with E-state index in [2.05, 4.69) is 26.9 Å². The second-order valence-corrected chi connectivity index (χ2v) is 9.38. The van der Waals surface area contributed by atoms with Gasteiger partial charge in [0.1, 0.15) is 11.5 Å². The molecular formula is C26H26FN3O3S. The molecule has 0 aliphatic carbocycles. The summed E-state index contributed by atoms with van der Waals surface area (Å²) in [6, 6.07) is 12.6. The second kappa shape index (κ2) is 9.56. The van der Waals surface area contributed by atoms with Crippen molar-refractivity contribution in [3.05, 3.63) is 64.9 Å². The number of carbonyl (C=O) groups is 2. The number of piperazine rings is 1. The molecule has 0 radical (unpaired) electrons. The summed E-state index contributed by atoms with van der Waals surface area (Å²) in [5.41, 5.74) is 3.10. The van der Waals surface area contributed by atoms with Gasteiger partial charge in [-0.1, -0.05) is 6.07 Å². The van der Waals surface area contributed by atoms with Crippen molar-refractivity contribution in [2.75, 3.05) is 44.2 Å². The van der Waals surface area contributed by atoms with Crippen molar-refractivity contribution in [1.82, 2.24) is 9.88 Å². The van der Waals surface area contributed by atoms with Crippen molar-refractivity contribution in [3.8, 4) is 0 Å². The summed E-state index contributed by atoms with van der Waals surface area (Å²) in [6.07, 6.45) is 0.424. The molecule has 3 heterocycles. The molecule has 1 saturated heterocycles. The first-order valence-electron chi connectivity index (χ1n) is 11.5. The predicted octanol–water partition coefficient (Wildman–Crippen LogP) is 5.09. The van der Waals surface area contributed by atoms with Gasteiger partial charge in [0.15, 0.2) is 5.78 Å². The Morgan fingerprint density at radius 2 is 1.91 bits per heavy atom. The zero-order valence-electron chi connectivity index (χ0n) is 19.0. The zero-order valence-corrected chi connectivity index (χ0v) is 19.8. The molecule has 0 bridgehead atoms. The van der Waals surface area contributed by atoms with Gasteiger partial charge in [0, 0.05) is 76.8 Å². The summed E-state index contributed by atoms with van der Waals surface area (Å²) in [5.74, 6) is -0.594.